The lowest BCUT2D eigenvalue weighted by Gasteiger charge is -2.18. The lowest BCUT2D eigenvalue weighted by atomic mass is 10.1. The van der Waals surface area contributed by atoms with Crippen LogP contribution in [-0.4, -0.2) is 32.6 Å². The molecule has 27 heavy (non-hydrogen) atoms. The Labute approximate surface area is 159 Å². The van der Waals surface area contributed by atoms with Gasteiger partial charge in [-0.3, -0.25) is 9.59 Å². The molecule has 1 aliphatic rings. The first-order valence-electron chi connectivity index (χ1n) is 8.98. The highest BCUT2D eigenvalue weighted by molar-refractivity contribution is 6.03. The molecule has 1 aliphatic heterocycles. The minimum atomic E-state index is -0.392. The second-order valence-corrected chi connectivity index (χ2v) is 6.48. The van der Waals surface area contributed by atoms with Crippen molar-refractivity contribution in [2.24, 2.45) is 5.92 Å². The highest BCUT2D eigenvalue weighted by atomic mass is 16.5. The molecule has 0 radical (unpaired) electrons. The summed E-state index contributed by atoms with van der Waals surface area (Å²) in [6, 6.07) is 13.1. The third-order valence-corrected chi connectivity index (χ3v) is 4.80. The first-order valence-corrected chi connectivity index (χ1v) is 8.98. The van der Waals surface area contributed by atoms with Gasteiger partial charge in [-0.2, -0.15) is 0 Å². The van der Waals surface area contributed by atoms with Gasteiger partial charge in [-0.25, -0.2) is 0 Å². The Morgan fingerprint density at radius 1 is 1.11 bits per heavy atom. The van der Waals surface area contributed by atoms with E-state index >= 15 is 0 Å². The van der Waals surface area contributed by atoms with Gasteiger partial charge in [0.15, 0.2) is 11.5 Å². The second-order valence-electron chi connectivity index (χ2n) is 6.48. The molecule has 1 fully saturated rings. The van der Waals surface area contributed by atoms with Gasteiger partial charge in [0.1, 0.15) is 0 Å². The summed E-state index contributed by atoms with van der Waals surface area (Å²) < 4.78 is 10.5. The zero-order valence-electron chi connectivity index (χ0n) is 15.8. The quantitative estimate of drug-likeness (QED) is 0.850. The number of hydrogen-bond acceptors (Lipinski definition) is 4. The standard InChI is InChI=1S/C21H24N2O4/c1-4-14-5-7-16(8-6-14)22-21(25)15-11-20(24)23(13-15)17-9-10-18(26-2)19(12-17)27-3/h5-10,12,15H,4,11,13H2,1-3H3,(H,22,25). The summed E-state index contributed by atoms with van der Waals surface area (Å²) in [5, 5.41) is 2.91. The molecule has 3 rings (SSSR count). The topological polar surface area (TPSA) is 67.9 Å². The van der Waals surface area contributed by atoms with Crippen LogP contribution in [0.15, 0.2) is 42.5 Å². The van der Waals surface area contributed by atoms with E-state index in [4.69, 9.17) is 9.47 Å². The van der Waals surface area contributed by atoms with E-state index in [1.165, 1.54) is 5.56 Å². The minimum Gasteiger partial charge on any atom is -0.493 e. The summed E-state index contributed by atoms with van der Waals surface area (Å²) in [6.07, 6.45) is 1.14. The molecule has 0 aliphatic carbocycles. The predicted molar refractivity (Wildman–Crippen MR) is 104 cm³/mol. The van der Waals surface area contributed by atoms with E-state index in [9.17, 15) is 9.59 Å². The van der Waals surface area contributed by atoms with Crippen molar-refractivity contribution in [2.75, 3.05) is 31.0 Å². The molecule has 1 N–H and O–H groups in total. The van der Waals surface area contributed by atoms with E-state index < -0.39 is 5.92 Å². The Morgan fingerprint density at radius 2 is 1.81 bits per heavy atom. The average molecular weight is 368 g/mol. The van der Waals surface area contributed by atoms with Crippen LogP contribution in [0.3, 0.4) is 0 Å². The Balaban J connectivity index is 1.70. The third kappa shape index (κ3) is 4.05. The fraction of sp³-hybridized carbons (Fsp3) is 0.333. The lowest BCUT2D eigenvalue weighted by Crippen LogP contribution is -2.28. The molecular formula is C21H24N2O4. The van der Waals surface area contributed by atoms with E-state index in [0.717, 1.165) is 12.1 Å². The molecule has 6 nitrogen and oxygen atoms in total. The molecule has 0 bridgehead atoms. The fourth-order valence-electron chi connectivity index (χ4n) is 3.19. The van der Waals surface area contributed by atoms with Crippen LogP contribution >= 0.6 is 0 Å². The lowest BCUT2D eigenvalue weighted by molar-refractivity contribution is -0.122. The number of carbonyl (C=O) groups is 2. The predicted octanol–water partition coefficient (Wildman–Crippen LogP) is 3.26. The summed E-state index contributed by atoms with van der Waals surface area (Å²) in [5.74, 6) is 0.528. The van der Waals surface area contributed by atoms with Gasteiger partial charge in [0.05, 0.1) is 20.1 Å². The molecule has 0 spiro atoms. The summed E-state index contributed by atoms with van der Waals surface area (Å²) >= 11 is 0. The maximum absolute atomic E-state index is 12.6. The highest BCUT2D eigenvalue weighted by Gasteiger charge is 2.35. The minimum absolute atomic E-state index is 0.0799. The third-order valence-electron chi connectivity index (χ3n) is 4.80. The van der Waals surface area contributed by atoms with E-state index in [2.05, 4.69) is 12.2 Å². The fourth-order valence-corrected chi connectivity index (χ4v) is 3.19. The number of methoxy groups -OCH3 is 2. The van der Waals surface area contributed by atoms with Gasteiger partial charge < -0.3 is 19.7 Å². The first kappa shape index (κ1) is 18.8. The molecule has 1 atom stereocenters. The molecular weight excluding hydrogens is 344 g/mol. The maximum atomic E-state index is 12.6. The Hall–Kier alpha value is -3.02. The van der Waals surface area contributed by atoms with Gasteiger partial charge in [-0.05, 0) is 36.2 Å². The van der Waals surface area contributed by atoms with E-state index in [-0.39, 0.29) is 18.2 Å². The van der Waals surface area contributed by atoms with Crippen LogP contribution in [0.2, 0.25) is 0 Å². The number of anilines is 2. The molecule has 1 heterocycles. The summed E-state index contributed by atoms with van der Waals surface area (Å²) in [6.45, 7) is 2.42. The number of ether oxygens (including phenoxy) is 2. The van der Waals surface area contributed by atoms with Crippen molar-refractivity contribution in [1.29, 1.82) is 0 Å². The monoisotopic (exact) mass is 368 g/mol. The van der Waals surface area contributed by atoms with Crippen LogP contribution in [0.25, 0.3) is 0 Å². The van der Waals surface area contributed by atoms with Gasteiger partial charge in [-0.15, -0.1) is 0 Å². The van der Waals surface area contributed by atoms with Crippen molar-refractivity contribution in [3.8, 4) is 11.5 Å². The van der Waals surface area contributed by atoms with Crippen molar-refractivity contribution in [3.63, 3.8) is 0 Å². The molecule has 1 saturated heterocycles. The van der Waals surface area contributed by atoms with Crippen molar-refractivity contribution < 1.29 is 19.1 Å². The zero-order chi connectivity index (χ0) is 19.4. The molecule has 0 saturated carbocycles. The van der Waals surface area contributed by atoms with Crippen LogP contribution < -0.4 is 19.7 Å². The number of nitrogens with one attached hydrogen (secondary N) is 1. The van der Waals surface area contributed by atoms with Crippen molar-refractivity contribution in [1.82, 2.24) is 0 Å². The molecule has 142 valence electrons. The molecule has 0 aromatic heterocycles. The molecule has 2 aromatic carbocycles. The van der Waals surface area contributed by atoms with Gasteiger partial charge >= 0.3 is 0 Å². The largest absolute Gasteiger partial charge is 0.493 e. The van der Waals surface area contributed by atoms with Crippen LogP contribution in [0.4, 0.5) is 11.4 Å². The number of aryl methyl sites for hydroxylation is 1. The normalized spacial score (nSPS) is 16.3. The Bertz CT molecular complexity index is 833. The van der Waals surface area contributed by atoms with E-state index in [1.54, 1.807) is 37.3 Å². The number of nitrogens with zero attached hydrogens (tertiary/aromatic N) is 1. The van der Waals surface area contributed by atoms with Crippen molar-refractivity contribution >= 4 is 23.2 Å². The second kappa shape index (κ2) is 8.12. The number of carbonyl (C=O) groups excluding carboxylic acids is 2. The van der Waals surface area contributed by atoms with Gasteiger partial charge in [-0.1, -0.05) is 19.1 Å². The summed E-state index contributed by atoms with van der Waals surface area (Å²) in [7, 11) is 3.11. The Morgan fingerprint density at radius 3 is 2.44 bits per heavy atom. The van der Waals surface area contributed by atoms with E-state index in [0.29, 0.717) is 23.7 Å². The van der Waals surface area contributed by atoms with Crippen LogP contribution in [0.1, 0.15) is 18.9 Å². The maximum Gasteiger partial charge on any atom is 0.229 e. The number of hydrogen-bond donors (Lipinski definition) is 1. The van der Waals surface area contributed by atoms with Crippen molar-refractivity contribution in [2.45, 2.75) is 19.8 Å². The summed E-state index contributed by atoms with van der Waals surface area (Å²) in [5.41, 5.74) is 2.65. The van der Waals surface area contributed by atoms with Crippen molar-refractivity contribution in [3.05, 3.63) is 48.0 Å². The van der Waals surface area contributed by atoms with Gasteiger partial charge in [0.25, 0.3) is 0 Å². The average Bonchev–Trinajstić information content (AvgIpc) is 3.09. The van der Waals surface area contributed by atoms with Gasteiger partial charge in [0.2, 0.25) is 11.8 Å². The Kier molecular flexibility index (Phi) is 5.64. The number of benzene rings is 2. The zero-order valence-corrected chi connectivity index (χ0v) is 15.8. The molecule has 1 unspecified atom stereocenters. The SMILES string of the molecule is CCc1ccc(NC(=O)C2CC(=O)N(c3ccc(OC)c(OC)c3)C2)cc1. The first-order chi connectivity index (χ1) is 13.0. The molecule has 6 heteroatoms. The molecule has 2 amide bonds. The van der Waals surface area contributed by atoms with E-state index in [1.807, 2.05) is 24.3 Å². The number of rotatable bonds is 6. The molecule has 2 aromatic rings. The number of amides is 2. The summed E-state index contributed by atoms with van der Waals surface area (Å²) in [4.78, 5) is 26.7. The van der Waals surface area contributed by atoms with Crippen LogP contribution in [0, 0.1) is 5.92 Å². The smallest absolute Gasteiger partial charge is 0.229 e. The van der Waals surface area contributed by atoms with Crippen LogP contribution in [-0.2, 0) is 16.0 Å². The van der Waals surface area contributed by atoms with Gasteiger partial charge in [0, 0.05) is 30.4 Å². The van der Waals surface area contributed by atoms with Crippen LogP contribution in [0.5, 0.6) is 11.5 Å². The highest BCUT2D eigenvalue weighted by Crippen LogP contribution is 2.34.